The van der Waals surface area contributed by atoms with Gasteiger partial charge < -0.3 is 10.4 Å². The molecule has 112 valence electrons. The topological polar surface area (TPSA) is 88.3 Å². The van der Waals surface area contributed by atoms with Gasteiger partial charge in [0.1, 0.15) is 5.69 Å². The van der Waals surface area contributed by atoms with Crippen LogP contribution in [0.25, 0.3) is 10.9 Å². The zero-order valence-corrected chi connectivity index (χ0v) is 12.5. The number of hydrogen-bond acceptors (Lipinski definition) is 5. The lowest BCUT2D eigenvalue weighted by Gasteiger charge is -2.38. The third kappa shape index (κ3) is 2.80. The van der Waals surface area contributed by atoms with Crippen molar-refractivity contribution < 1.29 is 10.0 Å². The Morgan fingerprint density at radius 2 is 1.90 bits per heavy atom. The average molecular weight is 289 g/mol. The van der Waals surface area contributed by atoms with Crippen LogP contribution in [-0.4, -0.2) is 26.2 Å². The normalized spacial score (nSPS) is 12.4. The summed E-state index contributed by atoms with van der Waals surface area (Å²) in [6.45, 7) is 6.91. The van der Waals surface area contributed by atoms with E-state index in [-0.39, 0.29) is 5.69 Å². The third-order valence-corrected chi connectivity index (χ3v) is 3.92. The van der Waals surface area contributed by atoms with E-state index in [1.54, 1.807) is 58.2 Å². The quantitative estimate of drug-likeness (QED) is 0.667. The van der Waals surface area contributed by atoms with Gasteiger partial charge in [-0.05, 0) is 52.0 Å². The van der Waals surface area contributed by atoms with Gasteiger partial charge in [-0.2, -0.15) is 0 Å². The van der Waals surface area contributed by atoms with E-state index in [0.29, 0.717) is 16.6 Å². The highest BCUT2D eigenvalue weighted by Gasteiger charge is 2.36. The molecule has 0 aliphatic carbocycles. The molecule has 0 aliphatic rings. The summed E-state index contributed by atoms with van der Waals surface area (Å²) in [5.41, 5.74) is -0.889. The number of nitro groups is 1. The lowest BCUT2D eigenvalue weighted by atomic mass is 9.85. The van der Waals surface area contributed by atoms with E-state index in [2.05, 4.69) is 10.3 Å². The molecule has 0 fully saturated rings. The van der Waals surface area contributed by atoms with E-state index >= 15 is 0 Å². The second kappa shape index (κ2) is 4.96. The van der Waals surface area contributed by atoms with E-state index in [9.17, 15) is 15.2 Å². The minimum absolute atomic E-state index is 0.0297. The number of anilines is 1. The predicted molar refractivity (Wildman–Crippen MR) is 82.4 cm³/mol. The van der Waals surface area contributed by atoms with Gasteiger partial charge in [0.25, 0.3) is 0 Å². The van der Waals surface area contributed by atoms with Gasteiger partial charge in [-0.3, -0.25) is 15.1 Å². The zero-order chi connectivity index (χ0) is 15.8. The number of hydrogen-bond donors (Lipinski definition) is 2. The first-order valence-corrected chi connectivity index (χ1v) is 6.66. The van der Waals surface area contributed by atoms with E-state index in [4.69, 9.17) is 0 Å². The molecule has 0 radical (unpaired) electrons. The lowest BCUT2D eigenvalue weighted by molar-refractivity contribution is -0.382. The average Bonchev–Trinajstić information content (AvgIpc) is 2.36. The highest BCUT2D eigenvalue weighted by atomic mass is 16.6. The summed E-state index contributed by atoms with van der Waals surface area (Å²) in [4.78, 5) is 15.2. The molecule has 0 atom stereocenters. The molecule has 0 unspecified atom stereocenters. The highest BCUT2D eigenvalue weighted by Crippen LogP contribution is 2.36. The van der Waals surface area contributed by atoms with Gasteiger partial charge in [-0.1, -0.05) is 0 Å². The van der Waals surface area contributed by atoms with Crippen LogP contribution in [0.2, 0.25) is 0 Å². The molecular weight excluding hydrogens is 270 g/mol. The minimum atomic E-state index is -1.05. The molecule has 1 aromatic heterocycles. The van der Waals surface area contributed by atoms with Crippen molar-refractivity contribution in [3.63, 3.8) is 0 Å². The monoisotopic (exact) mass is 289 g/mol. The van der Waals surface area contributed by atoms with Gasteiger partial charge >= 0.3 is 5.69 Å². The van der Waals surface area contributed by atoms with Crippen LogP contribution in [0, 0.1) is 10.1 Å². The molecule has 21 heavy (non-hydrogen) atoms. The summed E-state index contributed by atoms with van der Waals surface area (Å²) in [5.74, 6) is 0. The molecule has 6 nitrogen and oxygen atoms in total. The fourth-order valence-corrected chi connectivity index (χ4v) is 1.92. The summed E-state index contributed by atoms with van der Waals surface area (Å²) < 4.78 is 0. The van der Waals surface area contributed by atoms with Crippen LogP contribution in [0.5, 0.6) is 0 Å². The number of nitrogens with zero attached hydrogens (tertiary/aromatic N) is 2. The van der Waals surface area contributed by atoms with Crippen LogP contribution in [0.15, 0.2) is 30.5 Å². The summed E-state index contributed by atoms with van der Waals surface area (Å²) in [5, 5.41) is 25.2. The number of benzene rings is 1. The first kappa shape index (κ1) is 15.2. The van der Waals surface area contributed by atoms with E-state index in [1.807, 2.05) is 0 Å². The van der Waals surface area contributed by atoms with Crippen LogP contribution in [0.3, 0.4) is 0 Å². The van der Waals surface area contributed by atoms with Crippen molar-refractivity contribution >= 4 is 22.3 Å². The van der Waals surface area contributed by atoms with Crippen molar-refractivity contribution in [1.82, 2.24) is 4.98 Å². The van der Waals surface area contributed by atoms with Crippen molar-refractivity contribution in [2.24, 2.45) is 0 Å². The number of fused-ring (bicyclic) bond motifs is 1. The molecule has 2 rings (SSSR count). The summed E-state index contributed by atoms with van der Waals surface area (Å²) in [6.07, 6.45) is 1.60. The Labute approximate surface area is 123 Å². The second-order valence-corrected chi connectivity index (χ2v) is 6.10. The standard InChI is InChI=1S/C15H19N3O3/c1-14(2,15(3,4)19)17-12-8-7-11-10(6-5-9-16-11)13(12)18(20)21/h5-9,17,19H,1-4H3. The maximum Gasteiger partial charge on any atom is 0.301 e. The van der Waals surface area contributed by atoms with Crippen LogP contribution in [0.1, 0.15) is 27.7 Å². The smallest absolute Gasteiger partial charge is 0.301 e. The first-order valence-electron chi connectivity index (χ1n) is 6.66. The van der Waals surface area contributed by atoms with Gasteiger partial charge in [0.15, 0.2) is 0 Å². The molecule has 2 aromatic rings. The lowest BCUT2D eigenvalue weighted by Crippen LogP contribution is -2.51. The molecule has 0 saturated heterocycles. The molecule has 6 heteroatoms. The van der Waals surface area contributed by atoms with Gasteiger partial charge in [-0.15, -0.1) is 0 Å². The van der Waals surface area contributed by atoms with Crippen molar-refractivity contribution in [2.75, 3.05) is 5.32 Å². The zero-order valence-electron chi connectivity index (χ0n) is 12.5. The molecule has 0 aliphatic heterocycles. The van der Waals surface area contributed by atoms with Crippen molar-refractivity contribution in [1.29, 1.82) is 0 Å². The van der Waals surface area contributed by atoms with E-state index in [0.717, 1.165) is 0 Å². The molecule has 1 aromatic carbocycles. The van der Waals surface area contributed by atoms with Gasteiger partial charge in [0, 0.05) is 6.20 Å². The first-order chi connectivity index (χ1) is 9.63. The third-order valence-electron chi connectivity index (χ3n) is 3.92. The van der Waals surface area contributed by atoms with Crippen LogP contribution < -0.4 is 5.32 Å². The summed E-state index contributed by atoms with van der Waals surface area (Å²) in [6, 6.07) is 6.69. The Bertz CT molecular complexity index is 690. The van der Waals surface area contributed by atoms with E-state index in [1.165, 1.54) is 0 Å². The minimum Gasteiger partial charge on any atom is -0.388 e. The molecule has 0 bridgehead atoms. The van der Waals surface area contributed by atoms with Gasteiger partial charge in [0.2, 0.25) is 0 Å². The predicted octanol–water partition coefficient (Wildman–Crippen LogP) is 3.10. The number of pyridine rings is 1. The molecule has 0 saturated carbocycles. The van der Waals surface area contributed by atoms with E-state index < -0.39 is 16.1 Å². The fourth-order valence-electron chi connectivity index (χ4n) is 1.92. The highest BCUT2D eigenvalue weighted by molar-refractivity contribution is 5.94. The Balaban J connectivity index is 2.60. The largest absolute Gasteiger partial charge is 0.388 e. The van der Waals surface area contributed by atoms with Crippen LogP contribution >= 0.6 is 0 Å². The number of aliphatic hydroxyl groups is 1. The molecule has 1 heterocycles. The number of aromatic nitrogens is 1. The Morgan fingerprint density at radius 3 is 2.48 bits per heavy atom. The molecular formula is C15H19N3O3. The van der Waals surface area contributed by atoms with Crippen LogP contribution in [-0.2, 0) is 0 Å². The van der Waals surface area contributed by atoms with Crippen LogP contribution in [0.4, 0.5) is 11.4 Å². The van der Waals surface area contributed by atoms with Gasteiger partial charge in [-0.25, -0.2) is 0 Å². The number of nitro benzene ring substituents is 1. The summed E-state index contributed by atoms with van der Waals surface area (Å²) in [7, 11) is 0. The van der Waals surface area contributed by atoms with Gasteiger partial charge in [0.05, 0.1) is 27.0 Å². The Kier molecular flexibility index (Phi) is 3.59. The molecule has 0 spiro atoms. The molecule has 0 amide bonds. The van der Waals surface area contributed by atoms with Crippen molar-refractivity contribution in [3.05, 3.63) is 40.6 Å². The SMILES string of the molecule is CC(C)(O)C(C)(C)Nc1ccc2ncccc2c1[N+](=O)[O-]. The fraction of sp³-hybridized carbons (Fsp3) is 0.400. The Hall–Kier alpha value is -2.21. The number of nitrogens with one attached hydrogen (secondary N) is 1. The number of rotatable bonds is 4. The molecule has 2 N–H and O–H groups in total. The van der Waals surface area contributed by atoms with Crippen molar-refractivity contribution in [2.45, 2.75) is 38.8 Å². The second-order valence-electron chi connectivity index (χ2n) is 6.10. The summed E-state index contributed by atoms with van der Waals surface area (Å²) >= 11 is 0. The van der Waals surface area contributed by atoms with Crippen molar-refractivity contribution in [3.8, 4) is 0 Å². The Morgan fingerprint density at radius 1 is 1.24 bits per heavy atom. The maximum absolute atomic E-state index is 11.4. The maximum atomic E-state index is 11.4.